The van der Waals surface area contributed by atoms with Crippen LogP contribution in [0.4, 0.5) is 5.13 Å². The summed E-state index contributed by atoms with van der Waals surface area (Å²) in [4.78, 5) is 23.2. The first-order chi connectivity index (χ1) is 12.9. The fourth-order valence-corrected chi connectivity index (χ4v) is 3.94. The summed E-state index contributed by atoms with van der Waals surface area (Å²) in [6, 6.07) is 3.90. The van der Waals surface area contributed by atoms with E-state index in [1.807, 2.05) is 26.1 Å². The van der Waals surface area contributed by atoms with Crippen LogP contribution in [0.1, 0.15) is 33.6 Å². The van der Waals surface area contributed by atoms with Crippen molar-refractivity contribution in [1.82, 2.24) is 15.3 Å². The van der Waals surface area contributed by atoms with Crippen LogP contribution < -0.4 is 15.0 Å². The number of aromatic nitrogens is 2. The molecule has 0 aliphatic heterocycles. The molecule has 148 valence electrons. The summed E-state index contributed by atoms with van der Waals surface area (Å²) in [7, 11) is 2.03. The molecule has 1 aliphatic rings. The summed E-state index contributed by atoms with van der Waals surface area (Å²) in [5, 5.41) is 3.80. The normalized spacial score (nSPS) is 20.1. The Hall–Kier alpha value is -1.93. The highest BCUT2D eigenvalue weighted by molar-refractivity contribution is 7.21. The number of carbonyl (C=O) groups is 1. The van der Waals surface area contributed by atoms with Gasteiger partial charge in [0.05, 0.1) is 19.3 Å². The molecule has 0 radical (unpaired) electrons. The third kappa shape index (κ3) is 5.29. The van der Waals surface area contributed by atoms with Crippen molar-refractivity contribution in [3.8, 4) is 5.88 Å². The number of hydrogen-bond acceptors (Lipinski definition) is 7. The summed E-state index contributed by atoms with van der Waals surface area (Å²) in [6.07, 6.45) is 2.24. The molecule has 0 spiro atoms. The predicted molar refractivity (Wildman–Crippen MR) is 108 cm³/mol. The molecular weight excluding hydrogens is 364 g/mol. The number of nitrogens with zero attached hydrogens (tertiary/aromatic N) is 3. The highest BCUT2D eigenvalue weighted by Crippen LogP contribution is 2.32. The van der Waals surface area contributed by atoms with Crippen molar-refractivity contribution in [3.05, 3.63) is 12.1 Å². The lowest BCUT2D eigenvalue weighted by Gasteiger charge is -2.35. The number of nitrogens with one attached hydrogen (secondary N) is 1. The average molecular weight is 393 g/mol. The van der Waals surface area contributed by atoms with Gasteiger partial charge in [-0.2, -0.15) is 0 Å². The van der Waals surface area contributed by atoms with Crippen molar-refractivity contribution in [2.45, 2.75) is 45.8 Å². The third-order valence-corrected chi connectivity index (χ3v) is 5.79. The number of fused-ring (bicyclic) bond motifs is 1. The van der Waals surface area contributed by atoms with Crippen LogP contribution in [0, 0.1) is 5.92 Å². The molecule has 0 bridgehead atoms. The van der Waals surface area contributed by atoms with Gasteiger partial charge in [-0.25, -0.2) is 9.97 Å². The second kappa shape index (κ2) is 8.84. The van der Waals surface area contributed by atoms with Gasteiger partial charge < -0.3 is 19.7 Å². The van der Waals surface area contributed by atoms with Crippen LogP contribution in [0.3, 0.4) is 0 Å². The van der Waals surface area contributed by atoms with Crippen molar-refractivity contribution in [2.24, 2.45) is 5.92 Å². The van der Waals surface area contributed by atoms with Gasteiger partial charge in [-0.05, 0) is 38.7 Å². The zero-order chi connectivity index (χ0) is 19.4. The monoisotopic (exact) mass is 392 g/mol. The second-order valence-corrected chi connectivity index (χ2v) is 8.15. The summed E-state index contributed by atoms with van der Waals surface area (Å²) < 4.78 is 11.7. The minimum absolute atomic E-state index is 0.0233. The number of hydrogen-bond donors (Lipinski definition) is 1. The molecule has 1 fully saturated rings. The Morgan fingerprint density at radius 1 is 1.41 bits per heavy atom. The number of pyridine rings is 1. The molecule has 1 saturated carbocycles. The van der Waals surface area contributed by atoms with E-state index in [-0.39, 0.29) is 18.1 Å². The molecule has 27 heavy (non-hydrogen) atoms. The summed E-state index contributed by atoms with van der Waals surface area (Å²) in [5.74, 6) is 1.12. The molecule has 1 aliphatic carbocycles. The highest BCUT2D eigenvalue weighted by Gasteiger charge is 2.30. The van der Waals surface area contributed by atoms with E-state index in [0.717, 1.165) is 34.9 Å². The van der Waals surface area contributed by atoms with Crippen LogP contribution in [0.2, 0.25) is 0 Å². The number of thiazole rings is 1. The number of amides is 1. The van der Waals surface area contributed by atoms with E-state index in [1.54, 1.807) is 11.3 Å². The maximum absolute atomic E-state index is 11.0. The molecule has 7 nitrogen and oxygen atoms in total. The molecule has 1 N–H and O–H groups in total. The van der Waals surface area contributed by atoms with Gasteiger partial charge in [0.15, 0.2) is 5.13 Å². The largest absolute Gasteiger partial charge is 0.477 e. The van der Waals surface area contributed by atoms with Crippen LogP contribution in [0.15, 0.2) is 12.1 Å². The van der Waals surface area contributed by atoms with Gasteiger partial charge >= 0.3 is 0 Å². The lowest BCUT2D eigenvalue weighted by atomic mass is 9.83. The number of ether oxygens (including phenoxy) is 2. The van der Waals surface area contributed by atoms with Crippen LogP contribution in [0.5, 0.6) is 5.88 Å². The van der Waals surface area contributed by atoms with E-state index in [1.165, 1.54) is 6.92 Å². The zero-order valence-corrected chi connectivity index (χ0v) is 17.2. The topological polar surface area (TPSA) is 76.6 Å². The summed E-state index contributed by atoms with van der Waals surface area (Å²) in [5.41, 5.74) is 0.910. The van der Waals surface area contributed by atoms with Crippen LogP contribution in [0.25, 0.3) is 10.3 Å². The number of carbonyl (C=O) groups excluding carboxylic acids is 1. The lowest BCUT2D eigenvalue weighted by Crippen LogP contribution is -2.40. The molecule has 3 rings (SSSR count). The van der Waals surface area contributed by atoms with Gasteiger partial charge in [-0.15, -0.1) is 0 Å². The van der Waals surface area contributed by atoms with E-state index in [4.69, 9.17) is 9.47 Å². The minimum Gasteiger partial charge on any atom is -0.477 e. The molecule has 2 heterocycles. The Kier molecular flexibility index (Phi) is 6.49. The van der Waals surface area contributed by atoms with E-state index in [0.29, 0.717) is 25.0 Å². The average Bonchev–Trinajstić information content (AvgIpc) is 3.01. The Balaban J connectivity index is 1.41. The standard InChI is InChI=1S/C19H28N4O3S/c1-5-23(4)19-21-16-6-7-17(22-18(16)27-19)26-11-14-8-15(9-14)25-10-12(2)20-13(3)24/h6-7,12,14-15H,5,8-11H2,1-4H3,(H,20,24)/t12-,14-,15-/m0/s1. The van der Waals surface area contributed by atoms with Gasteiger partial charge in [-0.1, -0.05) is 11.3 Å². The van der Waals surface area contributed by atoms with Crippen molar-refractivity contribution < 1.29 is 14.3 Å². The maximum atomic E-state index is 11.0. The first-order valence-electron chi connectivity index (χ1n) is 9.44. The first-order valence-corrected chi connectivity index (χ1v) is 10.3. The van der Waals surface area contributed by atoms with Gasteiger partial charge in [0.25, 0.3) is 0 Å². The van der Waals surface area contributed by atoms with E-state index in [9.17, 15) is 4.79 Å². The highest BCUT2D eigenvalue weighted by atomic mass is 32.1. The van der Waals surface area contributed by atoms with Crippen molar-refractivity contribution in [1.29, 1.82) is 0 Å². The molecule has 1 atom stereocenters. The van der Waals surface area contributed by atoms with Gasteiger partial charge in [0, 0.05) is 32.6 Å². The quantitative estimate of drug-likeness (QED) is 0.707. The molecule has 2 aromatic heterocycles. The Labute approximate surface area is 164 Å². The Morgan fingerprint density at radius 3 is 2.89 bits per heavy atom. The summed E-state index contributed by atoms with van der Waals surface area (Å²) >= 11 is 1.59. The van der Waals surface area contributed by atoms with Gasteiger partial charge in [-0.3, -0.25) is 4.79 Å². The number of rotatable bonds is 9. The molecule has 2 aromatic rings. The molecule has 8 heteroatoms. The van der Waals surface area contributed by atoms with Crippen molar-refractivity contribution in [3.63, 3.8) is 0 Å². The number of anilines is 1. The smallest absolute Gasteiger partial charge is 0.217 e. The summed E-state index contributed by atoms with van der Waals surface area (Å²) in [6.45, 7) is 7.69. The molecule has 0 aromatic carbocycles. The molecular formula is C19H28N4O3S. The minimum atomic E-state index is -0.0233. The van der Waals surface area contributed by atoms with Crippen molar-refractivity contribution >= 4 is 32.7 Å². The van der Waals surface area contributed by atoms with Crippen LogP contribution in [-0.4, -0.2) is 54.8 Å². The fraction of sp³-hybridized carbons (Fsp3) is 0.632. The second-order valence-electron chi connectivity index (χ2n) is 7.19. The Morgan fingerprint density at radius 2 is 2.19 bits per heavy atom. The van der Waals surface area contributed by atoms with E-state index in [2.05, 4.69) is 27.1 Å². The predicted octanol–water partition coefficient (Wildman–Crippen LogP) is 2.85. The van der Waals surface area contributed by atoms with E-state index >= 15 is 0 Å². The lowest BCUT2D eigenvalue weighted by molar-refractivity contribution is -0.120. The molecule has 0 unspecified atom stereocenters. The van der Waals surface area contributed by atoms with E-state index < -0.39 is 0 Å². The van der Waals surface area contributed by atoms with Crippen LogP contribution >= 0.6 is 11.3 Å². The molecule has 1 amide bonds. The van der Waals surface area contributed by atoms with Crippen molar-refractivity contribution in [2.75, 3.05) is 31.7 Å². The van der Waals surface area contributed by atoms with Gasteiger partial charge in [0.2, 0.25) is 11.8 Å². The van der Waals surface area contributed by atoms with Crippen LogP contribution in [-0.2, 0) is 9.53 Å². The fourth-order valence-electron chi connectivity index (χ4n) is 2.99. The Bertz CT molecular complexity index is 775. The van der Waals surface area contributed by atoms with Gasteiger partial charge in [0.1, 0.15) is 10.3 Å². The molecule has 0 saturated heterocycles. The zero-order valence-electron chi connectivity index (χ0n) is 16.4. The first kappa shape index (κ1) is 19.8. The maximum Gasteiger partial charge on any atom is 0.217 e. The third-order valence-electron chi connectivity index (χ3n) is 4.71. The SMILES string of the molecule is CCN(C)c1nc2ccc(OC[C@H]3C[C@H](OC[C@H](C)NC(C)=O)C3)nc2s1.